The third kappa shape index (κ3) is 1.84. The summed E-state index contributed by atoms with van der Waals surface area (Å²) in [5.41, 5.74) is 1.90. The molecule has 2 aliphatic rings. The minimum atomic E-state index is -3.37. The van der Waals surface area contributed by atoms with Gasteiger partial charge in [-0.15, -0.1) is 0 Å². The fourth-order valence-electron chi connectivity index (χ4n) is 3.22. The van der Waals surface area contributed by atoms with Gasteiger partial charge < -0.3 is 9.64 Å². The van der Waals surface area contributed by atoms with Crippen LogP contribution in [0.1, 0.15) is 11.6 Å². The van der Waals surface area contributed by atoms with Crippen molar-refractivity contribution >= 4 is 15.7 Å². The normalized spacial score (nSPS) is 22.4. The van der Waals surface area contributed by atoms with E-state index in [9.17, 15) is 8.42 Å². The third-order valence-corrected chi connectivity index (χ3v) is 6.27. The van der Waals surface area contributed by atoms with Gasteiger partial charge in [0.05, 0.1) is 24.7 Å². The average Bonchev–Trinajstić information content (AvgIpc) is 3.08. The molecule has 114 valence electrons. The smallest absolute Gasteiger partial charge is 0.245 e. The van der Waals surface area contributed by atoms with Crippen LogP contribution < -0.4 is 9.64 Å². The molecule has 22 heavy (non-hydrogen) atoms. The number of sulfonamides is 1. The number of rotatable bonds is 2. The maximum absolute atomic E-state index is 12.6. The van der Waals surface area contributed by atoms with Crippen LogP contribution in [0.25, 0.3) is 0 Å². The highest BCUT2D eigenvalue weighted by molar-refractivity contribution is 7.89. The molecule has 2 heterocycles. The number of benzene rings is 2. The van der Waals surface area contributed by atoms with Crippen molar-refractivity contribution in [2.75, 3.05) is 25.2 Å². The van der Waals surface area contributed by atoms with E-state index >= 15 is 0 Å². The number of hydrogen-bond acceptors (Lipinski definition) is 4. The summed E-state index contributed by atoms with van der Waals surface area (Å²) in [4.78, 5) is 2.53. The van der Waals surface area contributed by atoms with Gasteiger partial charge in [0.1, 0.15) is 5.75 Å². The summed E-state index contributed by atoms with van der Waals surface area (Å²) in [6, 6.07) is 14.9. The topological polar surface area (TPSA) is 49.9 Å². The maximum Gasteiger partial charge on any atom is 0.245 e. The van der Waals surface area contributed by atoms with E-state index in [1.165, 1.54) is 0 Å². The lowest BCUT2D eigenvalue weighted by molar-refractivity contribution is 0.414. The SMILES string of the molecule is COc1ccc(N2CC3c4ccccc4S(=O)(=O)N3C2)cc1. The molecule has 4 rings (SSSR count). The van der Waals surface area contributed by atoms with Gasteiger partial charge in [-0.05, 0) is 35.9 Å². The van der Waals surface area contributed by atoms with E-state index in [1.807, 2.05) is 36.4 Å². The van der Waals surface area contributed by atoms with E-state index in [2.05, 4.69) is 4.90 Å². The van der Waals surface area contributed by atoms with E-state index in [4.69, 9.17) is 4.74 Å². The number of hydrogen-bond donors (Lipinski definition) is 0. The molecule has 1 saturated heterocycles. The van der Waals surface area contributed by atoms with Crippen LogP contribution in [0, 0.1) is 0 Å². The quantitative estimate of drug-likeness (QED) is 0.852. The summed E-state index contributed by atoms with van der Waals surface area (Å²) in [5.74, 6) is 0.793. The highest BCUT2D eigenvalue weighted by Gasteiger charge is 2.47. The Morgan fingerprint density at radius 1 is 1.09 bits per heavy atom. The molecule has 1 atom stereocenters. The summed E-state index contributed by atoms with van der Waals surface area (Å²) < 4.78 is 32.0. The molecule has 0 N–H and O–H groups in total. The van der Waals surface area contributed by atoms with Crippen LogP contribution in [0.2, 0.25) is 0 Å². The summed E-state index contributed by atoms with van der Waals surface area (Å²) in [5, 5.41) is 0. The molecule has 0 spiro atoms. The molecule has 1 fully saturated rings. The van der Waals surface area contributed by atoms with E-state index in [-0.39, 0.29) is 6.04 Å². The van der Waals surface area contributed by atoms with Gasteiger partial charge in [0, 0.05) is 12.2 Å². The van der Waals surface area contributed by atoms with Gasteiger partial charge in [0.25, 0.3) is 0 Å². The van der Waals surface area contributed by atoms with Crippen molar-refractivity contribution in [1.82, 2.24) is 4.31 Å². The first kappa shape index (κ1) is 13.6. The van der Waals surface area contributed by atoms with Gasteiger partial charge >= 0.3 is 0 Å². The molecule has 5 nitrogen and oxygen atoms in total. The fraction of sp³-hybridized carbons (Fsp3) is 0.250. The highest BCUT2D eigenvalue weighted by Crippen LogP contribution is 2.44. The molecule has 0 saturated carbocycles. The first-order valence-corrected chi connectivity index (χ1v) is 8.55. The Labute approximate surface area is 129 Å². The van der Waals surface area contributed by atoms with Crippen molar-refractivity contribution in [2.45, 2.75) is 10.9 Å². The number of fused-ring (bicyclic) bond motifs is 3. The molecule has 0 amide bonds. The summed E-state index contributed by atoms with van der Waals surface area (Å²) in [6.45, 7) is 1.05. The monoisotopic (exact) mass is 316 g/mol. The molecule has 2 aromatic rings. The fourth-order valence-corrected chi connectivity index (χ4v) is 5.03. The number of methoxy groups -OCH3 is 1. The maximum atomic E-state index is 12.6. The van der Waals surface area contributed by atoms with Gasteiger partial charge in [0.15, 0.2) is 0 Å². The highest BCUT2D eigenvalue weighted by atomic mass is 32.2. The van der Waals surface area contributed by atoms with Gasteiger partial charge in [0.2, 0.25) is 10.0 Å². The zero-order valence-corrected chi connectivity index (χ0v) is 13.0. The number of nitrogens with zero attached hydrogens (tertiary/aromatic N) is 2. The predicted octanol–water partition coefficient (Wildman–Crippen LogP) is 2.22. The van der Waals surface area contributed by atoms with E-state index in [0.717, 1.165) is 17.0 Å². The Hall–Kier alpha value is -2.05. The minimum absolute atomic E-state index is 0.0942. The van der Waals surface area contributed by atoms with Gasteiger partial charge in [-0.25, -0.2) is 8.42 Å². The summed E-state index contributed by atoms with van der Waals surface area (Å²) in [7, 11) is -1.74. The zero-order chi connectivity index (χ0) is 15.3. The molecule has 0 radical (unpaired) electrons. The van der Waals surface area contributed by atoms with Crippen LogP contribution in [0.4, 0.5) is 5.69 Å². The Morgan fingerprint density at radius 3 is 2.55 bits per heavy atom. The molecular weight excluding hydrogens is 300 g/mol. The third-order valence-electron chi connectivity index (χ3n) is 4.35. The van der Waals surface area contributed by atoms with Gasteiger partial charge in [-0.2, -0.15) is 4.31 Å². The molecule has 2 aliphatic heterocycles. The molecule has 1 unspecified atom stereocenters. The van der Waals surface area contributed by atoms with Gasteiger partial charge in [-0.1, -0.05) is 18.2 Å². The number of anilines is 1. The van der Waals surface area contributed by atoms with Crippen LogP contribution in [-0.2, 0) is 10.0 Å². The molecule has 0 aromatic heterocycles. The molecule has 6 heteroatoms. The summed E-state index contributed by atoms with van der Waals surface area (Å²) in [6.07, 6.45) is 0. The molecule has 0 aliphatic carbocycles. The van der Waals surface area contributed by atoms with E-state index in [0.29, 0.717) is 18.1 Å². The Bertz CT molecular complexity index is 818. The van der Waals surface area contributed by atoms with Crippen molar-refractivity contribution in [3.05, 3.63) is 54.1 Å². The Kier molecular flexibility index (Phi) is 2.92. The van der Waals surface area contributed by atoms with Gasteiger partial charge in [-0.3, -0.25) is 0 Å². The van der Waals surface area contributed by atoms with Crippen LogP contribution >= 0.6 is 0 Å². The van der Waals surface area contributed by atoms with Crippen LogP contribution in [0.5, 0.6) is 5.75 Å². The number of ether oxygens (including phenoxy) is 1. The minimum Gasteiger partial charge on any atom is -0.497 e. The zero-order valence-electron chi connectivity index (χ0n) is 12.1. The Balaban J connectivity index is 1.68. The van der Waals surface area contributed by atoms with Crippen LogP contribution in [0.15, 0.2) is 53.4 Å². The average molecular weight is 316 g/mol. The summed E-state index contributed by atoms with van der Waals surface area (Å²) >= 11 is 0. The lowest BCUT2D eigenvalue weighted by Gasteiger charge is -2.19. The second-order valence-corrected chi connectivity index (χ2v) is 7.37. The van der Waals surface area contributed by atoms with Crippen molar-refractivity contribution in [1.29, 1.82) is 0 Å². The van der Waals surface area contributed by atoms with E-state index in [1.54, 1.807) is 23.5 Å². The standard InChI is InChI=1S/C16H16N2O3S/c1-21-13-8-6-12(7-9-13)17-10-15-14-4-2-3-5-16(14)22(19,20)18(15)11-17/h2-9,15H,10-11H2,1H3. The lowest BCUT2D eigenvalue weighted by Crippen LogP contribution is -2.28. The van der Waals surface area contributed by atoms with Crippen LogP contribution in [-0.4, -0.2) is 33.0 Å². The largest absolute Gasteiger partial charge is 0.497 e. The van der Waals surface area contributed by atoms with Crippen molar-refractivity contribution in [3.8, 4) is 5.75 Å². The second-order valence-electron chi connectivity index (χ2n) is 5.51. The second kappa shape index (κ2) is 4.72. The Morgan fingerprint density at radius 2 is 1.82 bits per heavy atom. The van der Waals surface area contributed by atoms with Crippen LogP contribution in [0.3, 0.4) is 0 Å². The van der Waals surface area contributed by atoms with Crippen molar-refractivity contribution in [2.24, 2.45) is 0 Å². The lowest BCUT2D eigenvalue weighted by atomic mass is 10.1. The van der Waals surface area contributed by atoms with Crippen molar-refractivity contribution in [3.63, 3.8) is 0 Å². The van der Waals surface area contributed by atoms with E-state index < -0.39 is 10.0 Å². The first-order valence-electron chi connectivity index (χ1n) is 7.11. The molecular formula is C16H16N2O3S. The first-order chi connectivity index (χ1) is 10.6. The molecule has 0 bridgehead atoms. The molecule has 2 aromatic carbocycles. The predicted molar refractivity (Wildman–Crippen MR) is 83.4 cm³/mol. The van der Waals surface area contributed by atoms with Crippen molar-refractivity contribution < 1.29 is 13.2 Å².